The van der Waals surface area contributed by atoms with E-state index >= 15 is 0 Å². The van der Waals surface area contributed by atoms with E-state index in [-0.39, 0.29) is 5.91 Å². The Morgan fingerprint density at radius 1 is 1.25 bits per heavy atom. The van der Waals surface area contributed by atoms with Gasteiger partial charge in [0.1, 0.15) is 11.5 Å². The zero-order valence-electron chi connectivity index (χ0n) is 14.9. The van der Waals surface area contributed by atoms with Crippen LogP contribution < -0.4 is 9.47 Å². The maximum absolute atomic E-state index is 11.9. The topological polar surface area (TPSA) is 42.0 Å². The van der Waals surface area contributed by atoms with Crippen molar-refractivity contribution in [2.24, 2.45) is 5.92 Å². The van der Waals surface area contributed by atoms with Gasteiger partial charge >= 0.3 is 0 Å². The molecule has 2 saturated heterocycles. The molecule has 1 amide bonds. The molecule has 0 spiro atoms. The number of amides is 1. The minimum Gasteiger partial charge on any atom is -0.496 e. The summed E-state index contributed by atoms with van der Waals surface area (Å²) in [7, 11) is 5.36. The smallest absolute Gasteiger partial charge is 0.222 e. The third-order valence-electron chi connectivity index (χ3n) is 5.29. The standard InChI is InChI=1S/C18H26N2O3S/c1-19-14-5-6-20(10-12(14)8-18(19)21)11-13-7-16(23-3)17(24-4)9-15(13)22-2/h7,9,12,14H,5-6,8,10-11H2,1-4H3/t12-,14+/m1/s1. The van der Waals surface area contributed by atoms with Crippen molar-refractivity contribution in [3.8, 4) is 11.5 Å². The molecule has 0 aliphatic carbocycles. The molecule has 2 aliphatic heterocycles. The maximum Gasteiger partial charge on any atom is 0.222 e. The normalized spacial score (nSPS) is 24.2. The molecular formula is C18H26N2O3S. The first kappa shape index (κ1) is 17.4. The van der Waals surface area contributed by atoms with Crippen LogP contribution in [0.4, 0.5) is 0 Å². The van der Waals surface area contributed by atoms with Gasteiger partial charge < -0.3 is 14.4 Å². The maximum atomic E-state index is 11.9. The zero-order valence-corrected chi connectivity index (χ0v) is 15.7. The largest absolute Gasteiger partial charge is 0.496 e. The van der Waals surface area contributed by atoms with Crippen LogP contribution in [0.2, 0.25) is 0 Å². The number of likely N-dealkylation sites (tertiary alicyclic amines) is 2. The van der Waals surface area contributed by atoms with Crippen LogP contribution in [-0.2, 0) is 11.3 Å². The van der Waals surface area contributed by atoms with Gasteiger partial charge in [-0.1, -0.05) is 0 Å². The second kappa shape index (κ2) is 7.23. The summed E-state index contributed by atoms with van der Waals surface area (Å²) in [6, 6.07) is 4.56. The number of carbonyl (C=O) groups is 1. The van der Waals surface area contributed by atoms with Crippen molar-refractivity contribution >= 4 is 17.7 Å². The molecule has 0 unspecified atom stereocenters. The van der Waals surface area contributed by atoms with E-state index in [0.29, 0.717) is 18.4 Å². The van der Waals surface area contributed by atoms with Crippen molar-refractivity contribution in [2.75, 3.05) is 40.6 Å². The van der Waals surface area contributed by atoms with Gasteiger partial charge in [0.05, 0.1) is 19.1 Å². The first-order chi connectivity index (χ1) is 11.6. The fraction of sp³-hybridized carbons (Fsp3) is 0.611. The van der Waals surface area contributed by atoms with Crippen LogP contribution in [0.3, 0.4) is 0 Å². The third kappa shape index (κ3) is 3.22. The summed E-state index contributed by atoms with van der Waals surface area (Å²) in [4.78, 5) is 17.4. The molecule has 3 rings (SSSR count). The molecule has 2 heterocycles. The summed E-state index contributed by atoms with van der Waals surface area (Å²) < 4.78 is 11.1. The summed E-state index contributed by atoms with van der Waals surface area (Å²) >= 11 is 1.66. The Balaban J connectivity index is 1.75. The highest BCUT2D eigenvalue weighted by Gasteiger charge is 2.40. The van der Waals surface area contributed by atoms with E-state index in [1.54, 1.807) is 26.0 Å². The molecular weight excluding hydrogens is 324 g/mol. The van der Waals surface area contributed by atoms with E-state index < -0.39 is 0 Å². The molecule has 1 aromatic carbocycles. The number of methoxy groups -OCH3 is 2. The van der Waals surface area contributed by atoms with Gasteiger partial charge in [0, 0.05) is 50.6 Å². The molecule has 2 atom stereocenters. The predicted octanol–water partition coefficient (Wildman–Crippen LogP) is 2.48. The number of fused-ring (bicyclic) bond motifs is 1. The number of ether oxygens (including phenoxy) is 2. The average Bonchev–Trinajstić information content (AvgIpc) is 2.88. The first-order valence-electron chi connectivity index (χ1n) is 8.34. The molecule has 6 heteroatoms. The lowest BCUT2D eigenvalue weighted by Gasteiger charge is -2.36. The molecule has 5 nitrogen and oxygen atoms in total. The molecule has 2 fully saturated rings. The Kier molecular flexibility index (Phi) is 5.25. The van der Waals surface area contributed by atoms with Crippen molar-refractivity contribution in [3.05, 3.63) is 17.7 Å². The van der Waals surface area contributed by atoms with Crippen molar-refractivity contribution in [1.82, 2.24) is 9.80 Å². The summed E-state index contributed by atoms with van der Waals surface area (Å²) in [5, 5.41) is 0. The van der Waals surface area contributed by atoms with Gasteiger partial charge in [-0.05, 0) is 24.8 Å². The van der Waals surface area contributed by atoms with Crippen molar-refractivity contribution in [1.29, 1.82) is 0 Å². The number of nitrogens with zero attached hydrogens (tertiary/aromatic N) is 2. The minimum absolute atomic E-state index is 0.287. The van der Waals surface area contributed by atoms with Gasteiger partial charge in [0.15, 0.2) is 0 Å². The summed E-state index contributed by atoms with van der Waals surface area (Å²) in [6.45, 7) is 2.81. The predicted molar refractivity (Wildman–Crippen MR) is 95.9 cm³/mol. The van der Waals surface area contributed by atoms with E-state index in [9.17, 15) is 4.79 Å². The fourth-order valence-corrected chi connectivity index (χ4v) is 4.53. The van der Waals surface area contributed by atoms with Crippen LogP contribution in [0.1, 0.15) is 18.4 Å². The highest BCUT2D eigenvalue weighted by molar-refractivity contribution is 7.98. The van der Waals surface area contributed by atoms with Crippen LogP contribution in [-0.4, -0.2) is 62.4 Å². The Bertz CT molecular complexity index is 623. The van der Waals surface area contributed by atoms with Crippen LogP contribution in [0.25, 0.3) is 0 Å². The summed E-state index contributed by atoms with van der Waals surface area (Å²) in [5.74, 6) is 2.54. The number of benzene rings is 1. The van der Waals surface area contributed by atoms with Gasteiger partial charge in [0.25, 0.3) is 0 Å². The van der Waals surface area contributed by atoms with Gasteiger partial charge in [-0.25, -0.2) is 0 Å². The number of piperidine rings is 1. The van der Waals surface area contributed by atoms with E-state index in [0.717, 1.165) is 48.0 Å². The minimum atomic E-state index is 0.287. The molecule has 24 heavy (non-hydrogen) atoms. The van der Waals surface area contributed by atoms with Crippen LogP contribution in [0, 0.1) is 5.92 Å². The van der Waals surface area contributed by atoms with E-state index in [2.05, 4.69) is 17.0 Å². The van der Waals surface area contributed by atoms with Gasteiger partial charge in [-0.2, -0.15) is 0 Å². The monoisotopic (exact) mass is 350 g/mol. The molecule has 0 saturated carbocycles. The third-order valence-corrected chi connectivity index (χ3v) is 6.05. The van der Waals surface area contributed by atoms with Crippen molar-refractivity contribution < 1.29 is 14.3 Å². The molecule has 2 aliphatic rings. The second-order valence-corrected chi connectivity index (χ2v) is 7.43. The highest BCUT2D eigenvalue weighted by Crippen LogP contribution is 2.37. The molecule has 132 valence electrons. The number of hydrogen-bond donors (Lipinski definition) is 0. The Morgan fingerprint density at radius 3 is 2.67 bits per heavy atom. The van der Waals surface area contributed by atoms with Crippen LogP contribution in [0.15, 0.2) is 17.0 Å². The molecule has 0 radical (unpaired) electrons. The number of thioether (sulfide) groups is 1. The molecule has 1 aromatic rings. The quantitative estimate of drug-likeness (QED) is 0.763. The molecule has 0 N–H and O–H groups in total. The lowest BCUT2D eigenvalue weighted by Crippen LogP contribution is -2.44. The first-order valence-corrected chi connectivity index (χ1v) is 9.56. The summed E-state index contributed by atoms with van der Waals surface area (Å²) in [5.41, 5.74) is 1.14. The SMILES string of the molecule is COc1cc(SC)c(OC)cc1CN1CC[C@H]2[C@H](CC(=O)N2C)C1. The summed E-state index contributed by atoms with van der Waals surface area (Å²) in [6.07, 6.45) is 3.77. The van der Waals surface area contributed by atoms with Gasteiger partial charge in [-0.15, -0.1) is 11.8 Å². The average molecular weight is 350 g/mol. The van der Waals surface area contributed by atoms with Crippen molar-refractivity contribution in [2.45, 2.75) is 30.3 Å². The van der Waals surface area contributed by atoms with E-state index in [1.807, 2.05) is 18.2 Å². The Labute approximate surface area is 148 Å². The van der Waals surface area contributed by atoms with Crippen LogP contribution in [0.5, 0.6) is 11.5 Å². The van der Waals surface area contributed by atoms with E-state index in [4.69, 9.17) is 9.47 Å². The highest BCUT2D eigenvalue weighted by atomic mass is 32.2. The zero-order chi connectivity index (χ0) is 17.3. The number of hydrogen-bond acceptors (Lipinski definition) is 5. The fourth-order valence-electron chi connectivity index (χ4n) is 3.96. The second-order valence-electron chi connectivity index (χ2n) is 6.58. The Morgan fingerprint density at radius 2 is 2.00 bits per heavy atom. The molecule has 0 aromatic heterocycles. The number of carbonyl (C=O) groups excluding carboxylic acids is 1. The van der Waals surface area contributed by atoms with Crippen LogP contribution >= 0.6 is 11.8 Å². The Hall–Kier alpha value is -1.40. The van der Waals surface area contributed by atoms with Gasteiger partial charge in [0.2, 0.25) is 5.91 Å². The van der Waals surface area contributed by atoms with E-state index in [1.165, 1.54) is 0 Å². The molecule has 0 bridgehead atoms. The lowest BCUT2D eigenvalue weighted by molar-refractivity contribution is -0.127. The number of rotatable bonds is 5. The van der Waals surface area contributed by atoms with Gasteiger partial charge in [-0.3, -0.25) is 9.69 Å². The lowest BCUT2D eigenvalue weighted by atomic mass is 9.92. The van der Waals surface area contributed by atoms with Crippen molar-refractivity contribution in [3.63, 3.8) is 0 Å².